The van der Waals surface area contributed by atoms with Gasteiger partial charge in [-0.15, -0.1) is 0 Å². The Labute approximate surface area is 148 Å². The molecule has 0 bridgehead atoms. The van der Waals surface area contributed by atoms with Crippen molar-refractivity contribution in [3.63, 3.8) is 0 Å². The first kappa shape index (κ1) is 17.2. The fraction of sp³-hybridized carbons (Fsp3) is 0.333. The lowest BCUT2D eigenvalue weighted by atomic mass is 10.0. The van der Waals surface area contributed by atoms with Gasteiger partial charge in [-0.2, -0.15) is 0 Å². The predicted octanol–water partition coefficient (Wildman–Crippen LogP) is 3.46. The van der Waals surface area contributed by atoms with Crippen molar-refractivity contribution in [1.29, 1.82) is 0 Å². The number of carbonyl (C=O) groups is 2. The summed E-state index contributed by atoms with van der Waals surface area (Å²) in [4.78, 5) is 27.1. The fourth-order valence-electron chi connectivity index (χ4n) is 3.39. The molecule has 25 heavy (non-hydrogen) atoms. The highest BCUT2D eigenvalue weighted by atomic mass is 16.2. The van der Waals surface area contributed by atoms with Gasteiger partial charge in [-0.05, 0) is 69.0 Å². The highest BCUT2D eigenvalue weighted by Gasteiger charge is 2.34. The molecular formula is C21H24N2O2. The third-order valence-corrected chi connectivity index (χ3v) is 4.67. The molecule has 2 amide bonds. The largest absolute Gasteiger partial charge is 0.340 e. The van der Waals surface area contributed by atoms with Crippen LogP contribution < -0.4 is 10.2 Å². The zero-order chi connectivity index (χ0) is 18.1. The lowest BCUT2D eigenvalue weighted by Crippen LogP contribution is -2.41. The Hall–Kier alpha value is -2.62. The Balaban J connectivity index is 1.76. The van der Waals surface area contributed by atoms with Crippen LogP contribution in [0.4, 0.5) is 5.69 Å². The van der Waals surface area contributed by atoms with Crippen molar-refractivity contribution in [2.24, 2.45) is 0 Å². The van der Waals surface area contributed by atoms with Gasteiger partial charge in [0.1, 0.15) is 6.04 Å². The summed E-state index contributed by atoms with van der Waals surface area (Å²) in [6.45, 7) is 8.54. The maximum absolute atomic E-state index is 12.8. The molecule has 1 saturated heterocycles. The molecule has 0 radical (unpaired) electrons. The van der Waals surface area contributed by atoms with Crippen molar-refractivity contribution < 1.29 is 9.59 Å². The molecule has 1 heterocycles. The molecule has 4 heteroatoms. The molecule has 0 spiro atoms. The summed E-state index contributed by atoms with van der Waals surface area (Å²) in [6, 6.07) is 11.4. The normalized spacial score (nSPS) is 17.0. The Morgan fingerprint density at radius 3 is 2.36 bits per heavy atom. The third kappa shape index (κ3) is 3.58. The van der Waals surface area contributed by atoms with Crippen molar-refractivity contribution >= 4 is 17.5 Å². The minimum atomic E-state index is -0.465. The van der Waals surface area contributed by atoms with Crippen LogP contribution in [0.1, 0.15) is 39.0 Å². The number of nitrogens with zero attached hydrogens (tertiary/aromatic N) is 1. The molecule has 2 aromatic rings. The molecule has 4 nitrogen and oxygen atoms in total. The summed E-state index contributed by atoms with van der Waals surface area (Å²) in [7, 11) is 0. The molecule has 3 rings (SSSR count). The first-order valence-electron chi connectivity index (χ1n) is 8.63. The lowest BCUT2D eigenvalue weighted by Gasteiger charge is -2.19. The van der Waals surface area contributed by atoms with E-state index in [1.165, 1.54) is 0 Å². The summed E-state index contributed by atoms with van der Waals surface area (Å²) in [5.41, 5.74) is 5.75. The van der Waals surface area contributed by atoms with E-state index in [0.717, 1.165) is 27.9 Å². The maximum atomic E-state index is 12.8. The number of amides is 2. The number of aryl methyl sites for hydroxylation is 4. The lowest BCUT2D eigenvalue weighted by molar-refractivity contribution is -0.118. The number of rotatable bonds is 3. The number of hydrogen-bond donors (Lipinski definition) is 1. The van der Waals surface area contributed by atoms with Crippen LogP contribution in [0.3, 0.4) is 0 Å². The van der Waals surface area contributed by atoms with Crippen LogP contribution in [0, 0.1) is 27.7 Å². The van der Waals surface area contributed by atoms with Crippen LogP contribution in [0.25, 0.3) is 0 Å². The second-order valence-corrected chi connectivity index (χ2v) is 6.97. The Bertz CT molecular complexity index is 822. The molecule has 1 aliphatic rings. The van der Waals surface area contributed by atoms with Crippen LogP contribution >= 0.6 is 0 Å². The quantitative estimate of drug-likeness (QED) is 0.933. The average Bonchev–Trinajstić information content (AvgIpc) is 2.89. The van der Waals surface area contributed by atoms with Crippen LogP contribution in [0.2, 0.25) is 0 Å². The van der Waals surface area contributed by atoms with Crippen LogP contribution in [-0.2, 0) is 4.79 Å². The minimum Gasteiger partial charge on any atom is -0.340 e. The van der Waals surface area contributed by atoms with Gasteiger partial charge >= 0.3 is 0 Å². The molecule has 0 aliphatic carbocycles. The summed E-state index contributed by atoms with van der Waals surface area (Å²) < 4.78 is 0. The van der Waals surface area contributed by atoms with Gasteiger partial charge in [0.25, 0.3) is 5.91 Å². The summed E-state index contributed by atoms with van der Waals surface area (Å²) in [5.74, 6) is -0.217. The van der Waals surface area contributed by atoms with E-state index >= 15 is 0 Å². The number of carbonyl (C=O) groups excluding carboxylic acids is 2. The van der Waals surface area contributed by atoms with E-state index in [9.17, 15) is 9.59 Å². The van der Waals surface area contributed by atoms with E-state index < -0.39 is 6.04 Å². The van der Waals surface area contributed by atoms with Crippen LogP contribution in [0.5, 0.6) is 0 Å². The maximum Gasteiger partial charge on any atom is 0.252 e. The van der Waals surface area contributed by atoms with Gasteiger partial charge in [-0.1, -0.05) is 23.8 Å². The highest BCUT2D eigenvalue weighted by Crippen LogP contribution is 2.24. The van der Waals surface area contributed by atoms with Gasteiger partial charge in [-0.3, -0.25) is 9.59 Å². The Morgan fingerprint density at radius 2 is 1.68 bits per heavy atom. The minimum absolute atomic E-state index is 0.0383. The van der Waals surface area contributed by atoms with E-state index in [4.69, 9.17) is 0 Å². The molecule has 130 valence electrons. The highest BCUT2D eigenvalue weighted by molar-refractivity contribution is 6.04. The topological polar surface area (TPSA) is 49.4 Å². The van der Waals surface area contributed by atoms with Gasteiger partial charge in [0.2, 0.25) is 5.91 Å². The number of nitrogens with one attached hydrogen (secondary N) is 1. The van der Waals surface area contributed by atoms with Crippen molar-refractivity contribution in [1.82, 2.24) is 5.32 Å². The molecule has 0 saturated carbocycles. The van der Waals surface area contributed by atoms with E-state index in [1.807, 2.05) is 58.0 Å². The van der Waals surface area contributed by atoms with Crippen LogP contribution in [0.15, 0.2) is 36.4 Å². The van der Waals surface area contributed by atoms with Gasteiger partial charge in [0.15, 0.2) is 0 Å². The fourth-order valence-corrected chi connectivity index (χ4v) is 3.39. The van der Waals surface area contributed by atoms with Crippen LogP contribution in [-0.4, -0.2) is 24.4 Å². The summed E-state index contributed by atoms with van der Waals surface area (Å²) in [5, 5.41) is 2.91. The Kier molecular flexibility index (Phi) is 4.62. The standard InChI is InChI=1S/C21H24N2O2/c1-13-5-6-16(4)18(12-13)20(24)22-19-7-8-23(21(19)25)17-10-14(2)9-15(3)11-17/h5-6,9-12,19H,7-8H2,1-4H3,(H,22,24)/t19-/m1/s1. The number of anilines is 1. The van der Waals surface area contributed by atoms with Crippen molar-refractivity contribution in [2.45, 2.75) is 40.2 Å². The molecule has 1 fully saturated rings. The Morgan fingerprint density at radius 1 is 1.00 bits per heavy atom. The molecule has 1 atom stereocenters. The molecule has 0 aromatic heterocycles. The van der Waals surface area contributed by atoms with Crippen molar-refractivity contribution in [3.8, 4) is 0 Å². The first-order chi connectivity index (χ1) is 11.8. The van der Waals surface area contributed by atoms with E-state index in [0.29, 0.717) is 18.5 Å². The summed E-state index contributed by atoms with van der Waals surface area (Å²) in [6.07, 6.45) is 0.627. The van der Waals surface area contributed by atoms with Gasteiger partial charge in [0.05, 0.1) is 0 Å². The molecule has 1 aliphatic heterocycles. The van der Waals surface area contributed by atoms with Crippen molar-refractivity contribution in [2.75, 3.05) is 11.4 Å². The van der Waals surface area contributed by atoms with Gasteiger partial charge < -0.3 is 10.2 Å². The summed E-state index contributed by atoms with van der Waals surface area (Å²) >= 11 is 0. The van der Waals surface area contributed by atoms with E-state index in [-0.39, 0.29) is 11.8 Å². The number of benzene rings is 2. The van der Waals surface area contributed by atoms with Gasteiger partial charge in [-0.25, -0.2) is 0 Å². The second kappa shape index (κ2) is 6.71. The molecule has 2 aromatic carbocycles. The smallest absolute Gasteiger partial charge is 0.252 e. The van der Waals surface area contributed by atoms with Gasteiger partial charge in [0, 0.05) is 17.8 Å². The first-order valence-corrected chi connectivity index (χ1v) is 8.63. The van der Waals surface area contributed by atoms with Crippen molar-refractivity contribution in [3.05, 3.63) is 64.2 Å². The monoisotopic (exact) mass is 336 g/mol. The average molecular weight is 336 g/mol. The SMILES string of the molecule is Cc1cc(C)cc(N2CC[C@@H](NC(=O)c3cc(C)ccc3C)C2=O)c1. The van der Waals surface area contributed by atoms with E-state index in [2.05, 4.69) is 11.4 Å². The third-order valence-electron chi connectivity index (χ3n) is 4.67. The second-order valence-electron chi connectivity index (χ2n) is 6.97. The molecule has 0 unspecified atom stereocenters. The predicted molar refractivity (Wildman–Crippen MR) is 100 cm³/mol. The number of hydrogen-bond acceptors (Lipinski definition) is 2. The zero-order valence-corrected chi connectivity index (χ0v) is 15.2. The zero-order valence-electron chi connectivity index (χ0n) is 15.2. The van der Waals surface area contributed by atoms with E-state index in [1.54, 1.807) is 4.90 Å². The molecule has 1 N–H and O–H groups in total. The molecular weight excluding hydrogens is 312 g/mol.